The summed E-state index contributed by atoms with van der Waals surface area (Å²) >= 11 is 1.11. The number of hydrogen-bond acceptors (Lipinski definition) is 4. The van der Waals surface area contributed by atoms with Gasteiger partial charge < -0.3 is 19.7 Å². The maximum Gasteiger partial charge on any atom is 0.232 e. The van der Waals surface area contributed by atoms with Crippen LogP contribution in [-0.4, -0.2) is 61.0 Å². The zero-order valence-corrected chi connectivity index (χ0v) is 13.4. The summed E-state index contributed by atoms with van der Waals surface area (Å²) in [5, 5.41) is 10.3. The van der Waals surface area contributed by atoms with Crippen molar-refractivity contribution >= 4 is 23.6 Å². The van der Waals surface area contributed by atoms with Crippen LogP contribution in [0, 0.1) is 0 Å². The standard InChI is InChI=1S/C16H22N2O3S/c19-15(12-22-13-16(20)21)18-10-8-17(9-11-18)7-6-14-4-2-1-3-5-14/h1-5H,6-13H2,(H,20,21). The van der Waals surface area contributed by atoms with E-state index in [1.54, 1.807) is 0 Å². The van der Waals surface area contributed by atoms with Crippen molar-refractivity contribution in [2.75, 3.05) is 44.2 Å². The molecular weight excluding hydrogens is 300 g/mol. The second-order valence-corrected chi connectivity index (χ2v) is 6.47. The number of amides is 1. The Kier molecular flexibility index (Phi) is 6.74. The van der Waals surface area contributed by atoms with Gasteiger partial charge in [-0.15, -0.1) is 11.8 Å². The quantitative estimate of drug-likeness (QED) is 0.659. The topological polar surface area (TPSA) is 64.9 Å². The molecule has 0 saturated carbocycles. The molecule has 1 aromatic rings. The zero-order valence-electron chi connectivity index (χ0n) is 12.6. The highest BCUT2D eigenvalue weighted by Crippen LogP contribution is 2.02. The van der Waals surface area contributed by atoms with Crippen LogP contribution in [0.15, 0.2) is 30.3 Å². The molecule has 1 aromatic carbocycles. The maximum atomic E-state index is 11.9. The number of aliphatic carboxylic acids is 1. The summed E-state index contributed by atoms with van der Waals surface area (Å²) < 4.78 is 0. The average molecular weight is 322 g/mol. The Bertz CT molecular complexity index is 487. The summed E-state index contributed by atoms with van der Waals surface area (Å²) in [6.45, 7) is 4.53. The second-order valence-electron chi connectivity index (χ2n) is 5.48. The van der Waals surface area contributed by atoms with E-state index in [9.17, 15) is 14.7 Å². The third kappa shape index (κ3) is 5.69. The summed E-state index contributed by atoms with van der Waals surface area (Å²) in [7, 11) is 0. The molecule has 1 fully saturated rings. The Morgan fingerprint density at radius 1 is 1.14 bits per heavy atom. The third-order valence-electron chi connectivity index (χ3n) is 3.88. The highest BCUT2D eigenvalue weighted by Gasteiger charge is 2.23. The van der Waals surface area contributed by atoms with Crippen LogP contribution < -0.4 is 10.0 Å². The highest BCUT2D eigenvalue weighted by molar-refractivity contribution is 8.00. The fraction of sp³-hybridized carbons (Fsp3) is 0.500. The molecule has 1 amide bonds. The van der Waals surface area contributed by atoms with Gasteiger partial charge in [0, 0.05) is 12.2 Å². The van der Waals surface area contributed by atoms with Gasteiger partial charge in [0.05, 0.1) is 44.4 Å². The molecular formula is C16H22N2O3S. The van der Waals surface area contributed by atoms with Gasteiger partial charge in [0.1, 0.15) is 0 Å². The van der Waals surface area contributed by atoms with Crippen LogP contribution in [0.4, 0.5) is 0 Å². The number of rotatable bonds is 7. The molecule has 1 aliphatic rings. The Labute approximate surface area is 135 Å². The molecule has 0 atom stereocenters. The molecule has 120 valence electrons. The molecule has 6 heteroatoms. The van der Waals surface area contributed by atoms with E-state index < -0.39 is 5.97 Å². The lowest BCUT2D eigenvalue weighted by atomic mass is 10.1. The molecule has 22 heavy (non-hydrogen) atoms. The van der Waals surface area contributed by atoms with Gasteiger partial charge in [-0.1, -0.05) is 30.3 Å². The van der Waals surface area contributed by atoms with Crippen LogP contribution in [0.5, 0.6) is 0 Å². The van der Waals surface area contributed by atoms with E-state index in [1.165, 1.54) is 10.5 Å². The summed E-state index contributed by atoms with van der Waals surface area (Å²) in [6, 6.07) is 10.4. The summed E-state index contributed by atoms with van der Waals surface area (Å²) in [5.41, 5.74) is 1.35. The van der Waals surface area contributed by atoms with Crippen LogP contribution in [0.1, 0.15) is 5.56 Å². The molecule has 1 aliphatic heterocycles. The lowest BCUT2D eigenvalue weighted by Crippen LogP contribution is -3.15. The van der Waals surface area contributed by atoms with Crippen LogP contribution in [-0.2, 0) is 16.0 Å². The van der Waals surface area contributed by atoms with Crippen molar-refractivity contribution in [3.63, 3.8) is 0 Å². The number of thioether (sulfide) groups is 1. The number of quaternary nitrogens is 1. The summed E-state index contributed by atoms with van der Waals surface area (Å²) in [6.07, 6.45) is 1.06. The molecule has 0 aromatic heterocycles. The van der Waals surface area contributed by atoms with Crippen molar-refractivity contribution < 1.29 is 19.6 Å². The monoisotopic (exact) mass is 322 g/mol. The SMILES string of the molecule is O=C([O-])CSCC(=O)N1CC[NH+](CCc2ccccc2)CC1. The summed E-state index contributed by atoms with van der Waals surface area (Å²) in [5.74, 6) is -0.970. The van der Waals surface area contributed by atoms with Crippen molar-refractivity contribution in [2.45, 2.75) is 6.42 Å². The first-order valence-corrected chi connectivity index (χ1v) is 8.73. The largest absolute Gasteiger partial charge is 0.549 e. The minimum absolute atomic E-state index is 0.0355. The highest BCUT2D eigenvalue weighted by atomic mass is 32.2. The van der Waals surface area contributed by atoms with Crippen LogP contribution in [0.25, 0.3) is 0 Å². The van der Waals surface area contributed by atoms with Crippen molar-refractivity contribution in [1.82, 2.24) is 4.90 Å². The van der Waals surface area contributed by atoms with Gasteiger partial charge >= 0.3 is 0 Å². The van der Waals surface area contributed by atoms with Crippen LogP contribution >= 0.6 is 11.8 Å². The average Bonchev–Trinajstić information content (AvgIpc) is 2.54. The number of carboxylic acid groups (broad SMARTS) is 1. The van der Waals surface area contributed by atoms with Crippen molar-refractivity contribution in [3.05, 3.63) is 35.9 Å². The van der Waals surface area contributed by atoms with E-state index in [-0.39, 0.29) is 17.4 Å². The van der Waals surface area contributed by atoms with E-state index in [1.807, 2.05) is 11.0 Å². The van der Waals surface area contributed by atoms with Gasteiger partial charge in [0.15, 0.2) is 0 Å². The van der Waals surface area contributed by atoms with Gasteiger partial charge in [-0.2, -0.15) is 0 Å². The lowest BCUT2D eigenvalue weighted by molar-refractivity contribution is -0.903. The zero-order chi connectivity index (χ0) is 15.8. The number of piperazine rings is 1. The number of nitrogens with zero attached hydrogens (tertiary/aromatic N) is 1. The molecule has 0 spiro atoms. The minimum Gasteiger partial charge on any atom is -0.549 e. The number of carboxylic acids is 1. The molecule has 1 heterocycles. The third-order valence-corrected chi connectivity index (χ3v) is 4.77. The van der Waals surface area contributed by atoms with E-state index in [2.05, 4.69) is 24.3 Å². The first-order chi connectivity index (χ1) is 10.6. The molecule has 5 nitrogen and oxygen atoms in total. The normalized spacial score (nSPS) is 15.7. The van der Waals surface area contributed by atoms with E-state index in [0.29, 0.717) is 0 Å². The van der Waals surface area contributed by atoms with Gasteiger partial charge in [-0.25, -0.2) is 0 Å². The first-order valence-electron chi connectivity index (χ1n) is 7.58. The maximum absolute atomic E-state index is 11.9. The molecule has 1 N–H and O–H groups in total. The Hall–Kier alpha value is -1.53. The number of carbonyl (C=O) groups is 2. The number of hydrogen-bond donors (Lipinski definition) is 1. The fourth-order valence-electron chi connectivity index (χ4n) is 2.60. The van der Waals surface area contributed by atoms with Crippen molar-refractivity contribution in [1.29, 1.82) is 0 Å². The van der Waals surface area contributed by atoms with E-state index in [0.717, 1.165) is 50.9 Å². The first kappa shape index (κ1) is 16.8. The fourth-order valence-corrected chi connectivity index (χ4v) is 3.23. The van der Waals surface area contributed by atoms with Crippen LogP contribution in [0.3, 0.4) is 0 Å². The lowest BCUT2D eigenvalue weighted by Gasteiger charge is -2.32. The Balaban J connectivity index is 1.65. The van der Waals surface area contributed by atoms with Gasteiger partial charge in [-0.05, 0) is 5.56 Å². The molecule has 2 rings (SSSR count). The summed E-state index contributed by atoms with van der Waals surface area (Å²) in [4.78, 5) is 25.6. The van der Waals surface area contributed by atoms with Crippen molar-refractivity contribution in [2.24, 2.45) is 0 Å². The number of nitrogens with one attached hydrogen (secondary N) is 1. The Morgan fingerprint density at radius 2 is 1.82 bits per heavy atom. The van der Waals surface area contributed by atoms with Gasteiger partial charge in [-0.3, -0.25) is 4.79 Å². The molecule has 0 aliphatic carbocycles. The number of carbonyl (C=O) groups excluding carboxylic acids is 2. The number of benzene rings is 1. The molecule has 0 unspecified atom stereocenters. The van der Waals surface area contributed by atoms with E-state index in [4.69, 9.17) is 0 Å². The molecule has 1 saturated heterocycles. The van der Waals surface area contributed by atoms with Crippen molar-refractivity contribution in [3.8, 4) is 0 Å². The van der Waals surface area contributed by atoms with Gasteiger partial charge in [0.25, 0.3) is 0 Å². The van der Waals surface area contributed by atoms with Gasteiger partial charge in [0.2, 0.25) is 5.91 Å². The minimum atomic E-state index is -1.12. The predicted molar refractivity (Wildman–Crippen MR) is 84.6 cm³/mol. The van der Waals surface area contributed by atoms with Crippen LogP contribution in [0.2, 0.25) is 0 Å². The van der Waals surface area contributed by atoms with E-state index >= 15 is 0 Å². The molecule has 0 radical (unpaired) electrons. The predicted octanol–water partition coefficient (Wildman–Crippen LogP) is -1.56. The smallest absolute Gasteiger partial charge is 0.232 e. The Morgan fingerprint density at radius 3 is 2.45 bits per heavy atom. The molecule has 0 bridgehead atoms. The second kappa shape index (κ2) is 8.80.